The van der Waals surface area contributed by atoms with Crippen LogP contribution in [0.3, 0.4) is 0 Å². The van der Waals surface area contributed by atoms with E-state index >= 15 is 0 Å². The van der Waals surface area contributed by atoms with Crippen molar-refractivity contribution in [1.29, 1.82) is 0 Å². The highest BCUT2D eigenvalue weighted by atomic mass is 15.2. The first-order chi connectivity index (χ1) is 5.38. The lowest BCUT2D eigenvalue weighted by Crippen LogP contribution is -2.30. The second kappa shape index (κ2) is 2.46. The third kappa shape index (κ3) is 1.04. The fourth-order valence-corrected chi connectivity index (χ4v) is 1.37. The van der Waals surface area contributed by atoms with Gasteiger partial charge in [0.05, 0.1) is 11.4 Å². The Hall–Kier alpha value is -1.18. The van der Waals surface area contributed by atoms with Crippen LogP contribution in [0.5, 0.6) is 0 Å². The Morgan fingerprint density at radius 2 is 2.55 bits per heavy atom. The van der Waals surface area contributed by atoms with Gasteiger partial charge in [-0.3, -0.25) is 0 Å². The Bertz CT molecular complexity index is 257. The van der Waals surface area contributed by atoms with Gasteiger partial charge in [-0.1, -0.05) is 6.07 Å². The molecule has 1 radical (unpaired) electrons. The monoisotopic (exact) mass is 147 g/mol. The zero-order chi connectivity index (χ0) is 7.68. The van der Waals surface area contributed by atoms with Gasteiger partial charge < -0.3 is 10.2 Å². The van der Waals surface area contributed by atoms with E-state index in [0.717, 1.165) is 13.1 Å². The van der Waals surface area contributed by atoms with E-state index in [1.54, 1.807) is 0 Å². The number of anilines is 2. The zero-order valence-corrected chi connectivity index (χ0v) is 6.59. The molecule has 0 bridgehead atoms. The van der Waals surface area contributed by atoms with Crippen molar-refractivity contribution in [3.05, 3.63) is 24.3 Å². The summed E-state index contributed by atoms with van der Waals surface area (Å²) in [5.41, 5.74) is 2.47. The summed E-state index contributed by atoms with van der Waals surface area (Å²) >= 11 is 0. The third-order valence-corrected chi connectivity index (χ3v) is 2.02. The highest BCUT2D eigenvalue weighted by Gasteiger charge is 2.10. The quantitative estimate of drug-likeness (QED) is 0.596. The summed E-state index contributed by atoms with van der Waals surface area (Å²) in [5.74, 6) is 0. The van der Waals surface area contributed by atoms with Crippen LogP contribution in [0.4, 0.5) is 11.4 Å². The molecule has 2 heteroatoms. The smallest absolute Gasteiger partial charge is 0.0606 e. The molecule has 1 aromatic carbocycles. The van der Waals surface area contributed by atoms with Crippen LogP contribution in [0.15, 0.2) is 18.2 Å². The molecule has 0 saturated heterocycles. The lowest BCUT2D eigenvalue weighted by Gasteiger charge is -2.28. The molecule has 57 valence electrons. The molecule has 0 aromatic heterocycles. The summed E-state index contributed by atoms with van der Waals surface area (Å²) in [6.45, 7) is 2.11. The number of hydrogen-bond donors (Lipinski definition) is 1. The van der Waals surface area contributed by atoms with Crippen LogP contribution in [0.25, 0.3) is 0 Å². The second-order valence-corrected chi connectivity index (χ2v) is 2.79. The van der Waals surface area contributed by atoms with Gasteiger partial charge in [0.2, 0.25) is 0 Å². The van der Waals surface area contributed by atoms with Crippen molar-refractivity contribution in [2.24, 2.45) is 0 Å². The summed E-state index contributed by atoms with van der Waals surface area (Å²) in [5, 5.41) is 3.33. The molecular formula is C9H11N2. The first-order valence-electron chi connectivity index (χ1n) is 3.83. The number of likely N-dealkylation sites (N-methyl/N-ethyl adjacent to an activating group) is 1. The van der Waals surface area contributed by atoms with Crippen molar-refractivity contribution in [3.8, 4) is 0 Å². The molecule has 0 fully saturated rings. The van der Waals surface area contributed by atoms with Crippen molar-refractivity contribution >= 4 is 11.4 Å². The maximum Gasteiger partial charge on any atom is 0.0606 e. The predicted molar refractivity (Wildman–Crippen MR) is 47.0 cm³/mol. The van der Waals surface area contributed by atoms with E-state index < -0.39 is 0 Å². The molecule has 0 unspecified atom stereocenters. The summed E-state index contributed by atoms with van der Waals surface area (Å²) < 4.78 is 0. The molecule has 0 aliphatic carbocycles. The largest absolute Gasteiger partial charge is 0.382 e. The SMILES string of the molecule is CN1CCNc2cc[c]cc21. The third-order valence-electron chi connectivity index (χ3n) is 2.02. The molecule has 1 aromatic rings. The lowest BCUT2D eigenvalue weighted by atomic mass is 10.2. The van der Waals surface area contributed by atoms with Crippen molar-refractivity contribution in [2.45, 2.75) is 0 Å². The summed E-state index contributed by atoms with van der Waals surface area (Å²) in [6.07, 6.45) is 0. The molecule has 0 saturated carbocycles. The van der Waals surface area contributed by atoms with Crippen molar-refractivity contribution in [1.82, 2.24) is 0 Å². The number of nitrogens with zero attached hydrogens (tertiary/aromatic N) is 1. The molecule has 0 atom stereocenters. The van der Waals surface area contributed by atoms with Crippen LogP contribution < -0.4 is 10.2 Å². The predicted octanol–water partition coefficient (Wildman–Crippen LogP) is 1.35. The first kappa shape index (κ1) is 6.53. The number of fused-ring (bicyclic) bond motifs is 1. The number of benzene rings is 1. The van der Waals surface area contributed by atoms with Crippen LogP contribution in [-0.2, 0) is 0 Å². The molecule has 1 heterocycles. The minimum absolute atomic E-state index is 1.04. The fourth-order valence-electron chi connectivity index (χ4n) is 1.37. The van der Waals surface area contributed by atoms with Crippen molar-refractivity contribution < 1.29 is 0 Å². The van der Waals surface area contributed by atoms with E-state index in [0.29, 0.717) is 0 Å². The average molecular weight is 147 g/mol. The molecule has 0 amide bonds. The molecule has 1 aliphatic heterocycles. The topological polar surface area (TPSA) is 15.3 Å². The fraction of sp³-hybridized carbons (Fsp3) is 0.333. The Morgan fingerprint density at radius 3 is 3.36 bits per heavy atom. The first-order valence-corrected chi connectivity index (χ1v) is 3.83. The average Bonchev–Trinajstić information content (AvgIpc) is 2.06. The Balaban J connectivity index is 2.44. The minimum Gasteiger partial charge on any atom is -0.382 e. The van der Waals surface area contributed by atoms with Gasteiger partial charge in [-0.25, -0.2) is 0 Å². The van der Waals surface area contributed by atoms with Crippen molar-refractivity contribution in [3.63, 3.8) is 0 Å². The van der Waals surface area contributed by atoms with Crippen LogP contribution >= 0.6 is 0 Å². The van der Waals surface area contributed by atoms with Gasteiger partial charge in [-0.05, 0) is 18.2 Å². The molecule has 0 spiro atoms. The van der Waals surface area contributed by atoms with E-state index in [2.05, 4.69) is 29.4 Å². The number of hydrogen-bond acceptors (Lipinski definition) is 2. The van der Waals surface area contributed by atoms with Gasteiger partial charge in [0, 0.05) is 20.1 Å². The van der Waals surface area contributed by atoms with E-state index in [1.165, 1.54) is 11.4 Å². The van der Waals surface area contributed by atoms with Gasteiger partial charge in [0.25, 0.3) is 0 Å². The number of rotatable bonds is 0. The summed E-state index contributed by atoms with van der Waals surface area (Å²) in [4.78, 5) is 2.24. The van der Waals surface area contributed by atoms with Crippen LogP contribution in [0.1, 0.15) is 0 Å². The van der Waals surface area contributed by atoms with Crippen LogP contribution in [-0.4, -0.2) is 20.1 Å². The molecule has 1 N–H and O–H groups in total. The van der Waals surface area contributed by atoms with E-state index in [4.69, 9.17) is 0 Å². The van der Waals surface area contributed by atoms with Gasteiger partial charge >= 0.3 is 0 Å². The zero-order valence-electron chi connectivity index (χ0n) is 6.59. The van der Waals surface area contributed by atoms with Gasteiger partial charge in [0.15, 0.2) is 0 Å². The molecule has 11 heavy (non-hydrogen) atoms. The summed E-state index contributed by atoms with van der Waals surface area (Å²) in [7, 11) is 2.10. The van der Waals surface area contributed by atoms with E-state index in [9.17, 15) is 0 Å². The molecule has 2 nitrogen and oxygen atoms in total. The molecule has 1 aliphatic rings. The highest BCUT2D eigenvalue weighted by molar-refractivity contribution is 5.71. The second-order valence-electron chi connectivity index (χ2n) is 2.79. The highest BCUT2D eigenvalue weighted by Crippen LogP contribution is 2.26. The Kier molecular flexibility index (Phi) is 1.46. The van der Waals surface area contributed by atoms with Crippen LogP contribution in [0, 0.1) is 6.07 Å². The number of nitrogens with one attached hydrogen (secondary N) is 1. The minimum atomic E-state index is 1.04. The van der Waals surface area contributed by atoms with Gasteiger partial charge in [0.1, 0.15) is 0 Å². The molecular weight excluding hydrogens is 136 g/mol. The Labute approximate surface area is 66.8 Å². The Morgan fingerprint density at radius 1 is 1.64 bits per heavy atom. The standard InChI is InChI=1S/C9H11N2/c1-11-7-6-10-8-4-2-3-5-9(8)11/h2,4-5,10H,6-7H2,1H3. The van der Waals surface area contributed by atoms with Gasteiger partial charge in [-0.15, -0.1) is 0 Å². The van der Waals surface area contributed by atoms with Gasteiger partial charge in [-0.2, -0.15) is 0 Å². The summed E-state index contributed by atoms with van der Waals surface area (Å²) in [6, 6.07) is 9.08. The van der Waals surface area contributed by atoms with Crippen LogP contribution in [0.2, 0.25) is 0 Å². The van der Waals surface area contributed by atoms with Crippen molar-refractivity contribution in [2.75, 3.05) is 30.4 Å². The maximum absolute atomic E-state index is 3.33. The normalized spacial score (nSPS) is 15.5. The molecule has 2 rings (SSSR count). The lowest BCUT2D eigenvalue weighted by molar-refractivity contribution is 0.887. The van der Waals surface area contributed by atoms with E-state index in [-0.39, 0.29) is 0 Å². The maximum atomic E-state index is 3.33. The van der Waals surface area contributed by atoms with E-state index in [1.807, 2.05) is 12.1 Å².